The maximum Gasteiger partial charge on any atom is 0.264 e. The third-order valence-corrected chi connectivity index (χ3v) is 7.94. The van der Waals surface area contributed by atoms with Gasteiger partial charge in [0.2, 0.25) is 0 Å². The number of nitrogens with zero attached hydrogens (tertiary/aromatic N) is 1. The zero-order chi connectivity index (χ0) is 23.5. The van der Waals surface area contributed by atoms with Gasteiger partial charge < -0.3 is 4.74 Å². The van der Waals surface area contributed by atoms with Gasteiger partial charge in [0.05, 0.1) is 12.2 Å². The summed E-state index contributed by atoms with van der Waals surface area (Å²) in [5.41, 5.74) is 1.95. The number of hydrogen-bond donors (Lipinski definition) is 1. The largest absolute Gasteiger partial charge is 0.493 e. The fourth-order valence-electron chi connectivity index (χ4n) is 4.11. The fraction of sp³-hybridized carbons (Fsp3) is 0.480. The summed E-state index contributed by atoms with van der Waals surface area (Å²) < 4.78 is 23.3. The Morgan fingerprint density at radius 2 is 1.82 bits per heavy atom. The number of carbonyl (C=O) groups excluding carboxylic acids is 1. The second-order valence-electron chi connectivity index (χ2n) is 9.02. The first-order valence-electron chi connectivity index (χ1n) is 11.4. The Bertz CT molecular complexity index is 990. The predicted octanol–water partition coefficient (Wildman–Crippen LogP) is 6.83. The highest BCUT2D eigenvalue weighted by atomic mass is 35.5. The molecule has 1 amide bonds. The van der Waals surface area contributed by atoms with Crippen LogP contribution in [-0.4, -0.2) is 35.8 Å². The Hall–Kier alpha value is -1.47. The summed E-state index contributed by atoms with van der Waals surface area (Å²) >= 11 is 13.7. The van der Waals surface area contributed by atoms with Gasteiger partial charge in [0, 0.05) is 27.4 Å². The molecule has 2 aliphatic rings. The van der Waals surface area contributed by atoms with Crippen LogP contribution in [0.3, 0.4) is 0 Å². The molecule has 1 saturated carbocycles. The summed E-state index contributed by atoms with van der Waals surface area (Å²) in [6.45, 7) is 6.45. The third kappa shape index (κ3) is 6.56. The number of piperidine rings is 1. The van der Waals surface area contributed by atoms with E-state index < -0.39 is 5.82 Å². The SMILES string of the molecule is Cc1cc(C(=O)NSC2CC2)c(F)cc1OCC1CCN(C(C)c2cc(Cl)cc(Cl)c2)CC1. The molecule has 33 heavy (non-hydrogen) atoms. The van der Waals surface area contributed by atoms with E-state index in [4.69, 9.17) is 27.9 Å². The van der Waals surface area contributed by atoms with Crippen LogP contribution in [0.4, 0.5) is 4.39 Å². The lowest BCUT2D eigenvalue weighted by Gasteiger charge is -2.36. The van der Waals surface area contributed by atoms with Crippen molar-refractivity contribution in [3.05, 3.63) is 62.9 Å². The minimum absolute atomic E-state index is 0.0661. The van der Waals surface area contributed by atoms with Crippen LogP contribution < -0.4 is 9.46 Å². The van der Waals surface area contributed by atoms with Crippen molar-refractivity contribution in [3.8, 4) is 5.75 Å². The first kappa shape index (κ1) is 24.6. The van der Waals surface area contributed by atoms with Gasteiger partial charge in [0.1, 0.15) is 11.6 Å². The van der Waals surface area contributed by atoms with Gasteiger partial charge in [-0.25, -0.2) is 4.39 Å². The molecule has 4 rings (SSSR count). The minimum atomic E-state index is -0.548. The predicted molar refractivity (Wildman–Crippen MR) is 134 cm³/mol. The number of nitrogens with one attached hydrogen (secondary N) is 1. The van der Waals surface area contributed by atoms with Crippen molar-refractivity contribution in [1.29, 1.82) is 0 Å². The van der Waals surface area contributed by atoms with Gasteiger partial charge in [0.15, 0.2) is 0 Å². The summed E-state index contributed by atoms with van der Waals surface area (Å²) in [5, 5.41) is 1.78. The highest BCUT2D eigenvalue weighted by Gasteiger charge is 2.26. The van der Waals surface area contributed by atoms with E-state index >= 15 is 0 Å². The first-order valence-corrected chi connectivity index (χ1v) is 13.0. The van der Waals surface area contributed by atoms with E-state index in [1.54, 1.807) is 12.1 Å². The average molecular weight is 511 g/mol. The number of benzene rings is 2. The first-order chi connectivity index (χ1) is 15.8. The molecule has 2 aromatic carbocycles. The number of rotatable bonds is 8. The fourth-order valence-corrected chi connectivity index (χ4v) is 5.41. The van der Waals surface area contributed by atoms with Crippen molar-refractivity contribution in [2.45, 2.75) is 50.8 Å². The molecule has 0 spiro atoms. The lowest BCUT2D eigenvalue weighted by atomic mass is 9.95. The summed E-state index contributed by atoms with van der Waals surface area (Å²) in [6, 6.07) is 8.84. The van der Waals surface area contributed by atoms with Crippen molar-refractivity contribution in [2.24, 2.45) is 5.92 Å². The molecule has 178 valence electrons. The molecule has 1 N–H and O–H groups in total. The molecule has 2 fully saturated rings. The molecule has 1 unspecified atom stereocenters. The van der Waals surface area contributed by atoms with Crippen molar-refractivity contribution < 1.29 is 13.9 Å². The van der Waals surface area contributed by atoms with Crippen LogP contribution in [0.1, 0.15) is 60.1 Å². The van der Waals surface area contributed by atoms with Crippen molar-refractivity contribution in [3.63, 3.8) is 0 Å². The highest BCUT2D eigenvalue weighted by Crippen LogP contribution is 2.33. The third-order valence-electron chi connectivity index (χ3n) is 6.39. The van der Waals surface area contributed by atoms with E-state index in [0.29, 0.717) is 33.6 Å². The van der Waals surface area contributed by atoms with Crippen LogP contribution in [0.15, 0.2) is 30.3 Å². The number of aryl methyl sites for hydroxylation is 1. The maximum atomic E-state index is 14.6. The second-order valence-corrected chi connectivity index (χ2v) is 11.0. The summed E-state index contributed by atoms with van der Waals surface area (Å²) in [4.78, 5) is 14.7. The second kappa shape index (κ2) is 10.9. The molecular formula is C25H29Cl2FN2O2S. The molecule has 1 heterocycles. The van der Waals surface area contributed by atoms with E-state index in [2.05, 4.69) is 16.5 Å². The van der Waals surface area contributed by atoms with Crippen LogP contribution in [0.5, 0.6) is 5.75 Å². The number of amides is 1. The Kier molecular flexibility index (Phi) is 8.11. The topological polar surface area (TPSA) is 41.6 Å². The van der Waals surface area contributed by atoms with Gasteiger partial charge >= 0.3 is 0 Å². The Morgan fingerprint density at radius 1 is 1.15 bits per heavy atom. The van der Waals surface area contributed by atoms with E-state index in [1.807, 2.05) is 19.1 Å². The summed E-state index contributed by atoms with van der Waals surface area (Å²) in [7, 11) is 0. The van der Waals surface area contributed by atoms with Gasteiger partial charge in [-0.15, -0.1) is 0 Å². The molecule has 1 atom stereocenters. The molecule has 0 radical (unpaired) electrons. The molecule has 0 bridgehead atoms. The number of hydrogen-bond acceptors (Lipinski definition) is 4. The van der Waals surface area contributed by atoms with Gasteiger partial charge in [-0.1, -0.05) is 23.2 Å². The van der Waals surface area contributed by atoms with E-state index in [-0.39, 0.29) is 17.5 Å². The number of carbonyl (C=O) groups is 1. The molecule has 1 aliphatic heterocycles. The lowest BCUT2D eigenvalue weighted by molar-refractivity contribution is 0.0980. The van der Waals surface area contributed by atoms with Crippen LogP contribution in [0, 0.1) is 18.7 Å². The van der Waals surface area contributed by atoms with Crippen molar-refractivity contribution in [1.82, 2.24) is 9.62 Å². The van der Waals surface area contributed by atoms with Gasteiger partial charge in [-0.3, -0.25) is 14.4 Å². The molecule has 8 heteroatoms. The molecule has 1 saturated heterocycles. The maximum absolute atomic E-state index is 14.6. The molecule has 1 aliphatic carbocycles. The van der Waals surface area contributed by atoms with E-state index in [0.717, 1.165) is 49.9 Å². The van der Waals surface area contributed by atoms with Crippen LogP contribution in [0.25, 0.3) is 0 Å². The molecule has 0 aromatic heterocycles. The molecule has 4 nitrogen and oxygen atoms in total. The van der Waals surface area contributed by atoms with Crippen LogP contribution in [-0.2, 0) is 0 Å². The van der Waals surface area contributed by atoms with Crippen molar-refractivity contribution >= 4 is 41.1 Å². The number of likely N-dealkylation sites (tertiary alicyclic amines) is 1. The normalized spacial score (nSPS) is 18.2. The van der Waals surface area contributed by atoms with E-state index in [1.165, 1.54) is 18.0 Å². The zero-order valence-corrected chi connectivity index (χ0v) is 21.2. The Balaban J connectivity index is 1.28. The van der Waals surface area contributed by atoms with Gasteiger partial charge in [-0.2, -0.15) is 0 Å². The number of halogens is 3. The zero-order valence-electron chi connectivity index (χ0n) is 18.9. The van der Waals surface area contributed by atoms with Crippen LogP contribution >= 0.6 is 35.1 Å². The Labute approximate surface area is 209 Å². The standard InChI is InChI=1S/C25H29Cl2FN2O2S/c1-15-9-22(25(31)29-33-21-3-4-21)23(28)13-24(15)32-14-17-5-7-30(8-6-17)16(2)18-10-19(26)12-20(27)11-18/h9-13,16-17,21H,3-8,14H2,1-2H3,(H,29,31). The quantitative estimate of drug-likeness (QED) is 0.395. The smallest absolute Gasteiger partial charge is 0.264 e. The van der Waals surface area contributed by atoms with Crippen molar-refractivity contribution in [2.75, 3.05) is 19.7 Å². The Morgan fingerprint density at radius 3 is 2.45 bits per heavy atom. The molecular weight excluding hydrogens is 482 g/mol. The summed E-state index contributed by atoms with van der Waals surface area (Å²) in [6.07, 6.45) is 4.20. The van der Waals surface area contributed by atoms with Gasteiger partial charge in [0.25, 0.3) is 5.91 Å². The van der Waals surface area contributed by atoms with Crippen LogP contribution in [0.2, 0.25) is 10.0 Å². The average Bonchev–Trinajstić information content (AvgIpc) is 3.61. The minimum Gasteiger partial charge on any atom is -0.493 e. The monoisotopic (exact) mass is 510 g/mol. The van der Waals surface area contributed by atoms with Gasteiger partial charge in [-0.05, 0) is 106 Å². The van der Waals surface area contributed by atoms with E-state index in [9.17, 15) is 9.18 Å². The molecule has 2 aromatic rings. The summed E-state index contributed by atoms with van der Waals surface area (Å²) in [5.74, 6) is -0.0325. The number of ether oxygens (including phenoxy) is 1. The highest BCUT2D eigenvalue weighted by molar-refractivity contribution is 7.98. The lowest BCUT2D eigenvalue weighted by Crippen LogP contribution is -2.37.